The minimum absolute atomic E-state index is 0.396. The van der Waals surface area contributed by atoms with Crippen LogP contribution in [0.1, 0.15) is 16.7 Å². The Kier molecular flexibility index (Phi) is 2.82. The van der Waals surface area contributed by atoms with E-state index in [-0.39, 0.29) is 0 Å². The van der Waals surface area contributed by atoms with Crippen molar-refractivity contribution < 1.29 is 4.74 Å². The Morgan fingerprint density at radius 3 is 2.21 bits per heavy atom. The fourth-order valence-corrected chi connectivity index (χ4v) is 1.75. The molecule has 1 heterocycles. The molecule has 1 saturated heterocycles. The van der Waals surface area contributed by atoms with Crippen LogP contribution in [0.4, 0.5) is 0 Å². The molecule has 1 fully saturated rings. The topological polar surface area (TPSA) is 64.6 Å². The molecule has 0 amide bonds. The Morgan fingerprint density at radius 2 is 1.79 bits per heavy atom. The highest BCUT2D eigenvalue weighted by molar-refractivity contribution is 5.36. The van der Waals surface area contributed by atoms with Gasteiger partial charge in [-0.05, 0) is 16.7 Å². The molecule has 3 nitrogen and oxygen atoms in total. The van der Waals surface area contributed by atoms with Crippen molar-refractivity contribution in [2.75, 3.05) is 6.61 Å². The summed E-state index contributed by atoms with van der Waals surface area (Å²) >= 11 is 0. The molecule has 76 valence electrons. The highest BCUT2D eigenvalue weighted by atomic mass is 16.6. The summed E-state index contributed by atoms with van der Waals surface area (Å²) in [7, 11) is 0. The Hall–Kier alpha value is -0.900. The normalized spacial score (nSPS) is 19.7. The Bertz CT molecular complexity index is 299. The summed E-state index contributed by atoms with van der Waals surface area (Å²) in [5.41, 5.74) is 15.1. The van der Waals surface area contributed by atoms with Gasteiger partial charge in [0.2, 0.25) is 0 Å². The van der Waals surface area contributed by atoms with Gasteiger partial charge in [0.1, 0.15) is 0 Å². The minimum Gasteiger partial charge on any atom is -0.373 e. The minimum atomic E-state index is 0.396. The smallest absolute Gasteiger partial charge is 0.0850 e. The van der Waals surface area contributed by atoms with Gasteiger partial charge in [-0.25, -0.2) is 0 Å². The molecule has 4 N–H and O–H groups in total. The van der Waals surface area contributed by atoms with Crippen LogP contribution in [-0.4, -0.2) is 12.7 Å². The quantitative estimate of drug-likeness (QED) is 0.684. The first kappa shape index (κ1) is 9.65. The molecule has 3 heteroatoms. The number of ether oxygens (including phenoxy) is 1. The molecule has 0 saturated carbocycles. The predicted molar refractivity (Wildman–Crippen MR) is 55.7 cm³/mol. The number of hydrogen-bond donors (Lipinski definition) is 2. The number of hydrogen-bond acceptors (Lipinski definition) is 3. The zero-order chi connectivity index (χ0) is 9.97. The van der Waals surface area contributed by atoms with Gasteiger partial charge < -0.3 is 16.2 Å². The third-order valence-corrected chi connectivity index (χ3v) is 2.64. The molecule has 1 atom stereocenters. The fourth-order valence-electron chi connectivity index (χ4n) is 1.75. The molecule has 14 heavy (non-hydrogen) atoms. The number of epoxide rings is 1. The summed E-state index contributed by atoms with van der Waals surface area (Å²) in [4.78, 5) is 0. The van der Waals surface area contributed by atoms with Gasteiger partial charge in [-0.1, -0.05) is 18.2 Å². The summed E-state index contributed by atoms with van der Waals surface area (Å²) in [5, 5.41) is 0. The summed E-state index contributed by atoms with van der Waals surface area (Å²) in [6.07, 6.45) is 1.35. The fraction of sp³-hybridized carbons (Fsp3) is 0.455. The Morgan fingerprint density at radius 1 is 1.21 bits per heavy atom. The molecule has 0 spiro atoms. The second-order valence-corrected chi connectivity index (χ2v) is 3.62. The second kappa shape index (κ2) is 4.09. The largest absolute Gasteiger partial charge is 0.373 e. The first-order chi connectivity index (χ1) is 6.85. The van der Waals surface area contributed by atoms with E-state index < -0.39 is 0 Å². The maximum atomic E-state index is 5.69. The lowest BCUT2D eigenvalue weighted by Crippen LogP contribution is -2.10. The highest BCUT2D eigenvalue weighted by Crippen LogP contribution is 2.22. The standard InChI is InChI=1S/C11H16N2O/c12-5-8-2-1-3-9(6-13)11(8)4-10-7-14-10/h1-3,10H,4-7,12-13H2. The van der Waals surface area contributed by atoms with E-state index in [1.807, 2.05) is 6.07 Å². The van der Waals surface area contributed by atoms with Crippen molar-refractivity contribution >= 4 is 0 Å². The third-order valence-electron chi connectivity index (χ3n) is 2.64. The maximum Gasteiger partial charge on any atom is 0.0850 e. The van der Waals surface area contributed by atoms with Gasteiger partial charge in [0, 0.05) is 19.5 Å². The number of nitrogens with two attached hydrogens (primary N) is 2. The first-order valence-electron chi connectivity index (χ1n) is 4.96. The summed E-state index contributed by atoms with van der Waals surface area (Å²) in [5.74, 6) is 0. The van der Waals surface area contributed by atoms with Crippen molar-refractivity contribution in [3.63, 3.8) is 0 Å². The lowest BCUT2D eigenvalue weighted by molar-refractivity contribution is 0.407. The number of benzene rings is 1. The SMILES string of the molecule is NCc1cccc(CN)c1CC1CO1. The maximum absolute atomic E-state index is 5.69. The van der Waals surface area contributed by atoms with Crippen molar-refractivity contribution in [1.29, 1.82) is 0 Å². The van der Waals surface area contributed by atoms with Crippen LogP contribution < -0.4 is 11.5 Å². The molecule has 2 rings (SSSR count). The Labute approximate surface area is 84.0 Å². The predicted octanol–water partition coefficient (Wildman–Crippen LogP) is 0.545. The van der Waals surface area contributed by atoms with E-state index in [1.54, 1.807) is 0 Å². The second-order valence-electron chi connectivity index (χ2n) is 3.62. The molecular weight excluding hydrogens is 176 g/mol. The lowest BCUT2D eigenvalue weighted by atomic mass is 9.97. The lowest BCUT2D eigenvalue weighted by Gasteiger charge is -2.11. The van der Waals surface area contributed by atoms with Gasteiger partial charge in [0.25, 0.3) is 0 Å². The van der Waals surface area contributed by atoms with Crippen LogP contribution in [0, 0.1) is 0 Å². The van der Waals surface area contributed by atoms with E-state index in [0.29, 0.717) is 19.2 Å². The van der Waals surface area contributed by atoms with Crippen molar-refractivity contribution in [2.45, 2.75) is 25.6 Å². The van der Waals surface area contributed by atoms with Crippen LogP contribution in [0.5, 0.6) is 0 Å². The summed E-state index contributed by atoms with van der Waals surface area (Å²) < 4.78 is 5.23. The summed E-state index contributed by atoms with van der Waals surface area (Å²) in [6, 6.07) is 6.15. The van der Waals surface area contributed by atoms with Gasteiger partial charge in [0.05, 0.1) is 12.7 Å². The molecule has 0 aromatic heterocycles. The van der Waals surface area contributed by atoms with Gasteiger partial charge >= 0.3 is 0 Å². The molecule has 0 bridgehead atoms. The average Bonchev–Trinajstić information content (AvgIpc) is 3.02. The molecule has 1 aliphatic rings. The van der Waals surface area contributed by atoms with Crippen molar-refractivity contribution in [3.8, 4) is 0 Å². The van der Waals surface area contributed by atoms with Crippen molar-refractivity contribution in [3.05, 3.63) is 34.9 Å². The van der Waals surface area contributed by atoms with Crippen LogP contribution in [-0.2, 0) is 24.2 Å². The average molecular weight is 192 g/mol. The van der Waals surface area contributed by atoms with Crippen LogP contribution in [0.2, 0.25) is 0 Å². The zero-order valence-electron chi connectivity index (χ0n) is 8.20. The molecule has 1 aliphatic heterocycles. The molecule has 0 aliphatic carbocycles. The van der Waals surface area contributed by atoms with Crippen LogP contribution >= 0.6 is 0 Å². The van der Waals surface area contributed by atoms with E-state index in [0.717, 1.165) is 13.0 Å². The van der Waals surface area contributed by atoms with E-state index in [9.17, 15) is 0 Å². The first-order valence-corrected chi connectivity index (χ1v) is 4.96. The van der Waals surface area contributed by atoms with Crippen LogP contribution in [0.25, 0.3) is 0 Å². The van der Waals surface area contributed by atoms with Gasteiger partial charge in [0.15, 0.2) is 0 Å². The monoisotopic (exact) mass is 192 g/mol. The van der Waals surface area contributed by atoms with E-state index in [2.05, 4.69) is 12.1 Å². The molecule has 1 aromatic carbocycles. The van der Waals surface area contributed by atoms with Crippen LogP contribution in [0.3, 0.4) is 0 Å². The number of rotatable bonds is 4. The van der Waals surface area contributed by atoms with Crippen molar-refractivity contribution in [2.24, 2.45) is 11.5 Å². The van der Waals surface area contributed by atoms with Crippen molar-refractivity contribution in [1.82, 2.24) is 0 Å². The van der Waals surface area contributed by atoms with Gasteiger partial charge in [-0.3, -0.25) is 0 Å². The van der Waals surface area contributed by atoms with E-state index >= 15 is 0 Å². The third kappa shape index (κ3) is 1.95. The van der Waals surface area contributed by atoms with Gasteiger partial charge in [-0.2, -0.15) is 0 Å². The summed E-state index contributed by atoms with van der Waals surface area (Å²) in [6.45, 7) is 2.04. The molecule has 0 radical (unpaired) electrons. The zero-order valence-corrected chi connectivity index (χ0v) is 8.20. The van der Waals surface area contributed by atoms with E-state index in [1.165, 1.54) is 16.7 Å². The van der Waals surface area contributed by atoms with Gasteiger partial charge in [-0.15, -0.1) is 0 Å². The highest BCUT2D eigenvalue weighted by Gasteiger charge is 2.24. The molecule has 1 aromatic rings. The van der Waals surface area contributed by atoms with E-state index in [4.69, 9.17) is 16.2 Å². The van der Waals surface area contributed by atoms with Crippen LogP contribution in [0.15, 0.2) is 18.2 Å². The molecular formula is C11H16N2O. The molecule has 1 unspecified atom stereocenters. The Balaban J connectivity index is 2.29.